The Kier molecular flexibility index (Phi) is 6.61. The van der Waals surface area contributed by atoms with Crippen molar-refractivity contribution in [3.63, 3.8) is 0 Å². The molecule has 9 heteroatoms. The number of benzene rings is 2. The van der Waals surface area contributed by atoms with Gasteiger partial charge in [-0.15, -0.1) is 5.10 Å². The molecule has 6 rings (SSSR count). The third kappa shape index (κ3) is 4.55. The van der Waals surface area contributed by atoms with Crippen molar-refractivity contribution in [1.29, 1.82) is 0 Å². The number of aryl methyl sites for hydroxylation is 2. The van der Waals surface area contributed by atoms with E-state index in [0.29, 0.717) is 19.1 Å². The molecule has 0 saturated heterocycles. The van der Waals surface area contributed by atoms with Crippen molar-refractivity contribution in [2.45, 2.75) is 78.0 Å². The van der Waals surface area contributed by atoms with Crippen LogP contribution in [0.1, 0.15) is 79.2 Å². The predicted molar refractivity (Wildman–Crippen MR) is 144 cm³/mol. The first-order valence-corrected chi connectivity index (χ1v) is 13.5. The summed E-state index contributed by atoms with van der Waals surface area (Å²) in [6.07, 6.45) is 5.40. The third-order valence-electron chi connectivity index (χ3n) is 8.03. The molecule has 3 heterocycles. The van der Waals surface area contributed by atoms with Crippen molar-refractivity contribution in [1.82, 2.24) is 30.1 Å². The molecule has 2 aromatic carbocycles. The molecule has 0 radical (unpaired) electrons. The van der Waals surface area contributed by atoms with Crippen LogP contribution in [-0.2, 0) is 13.1 Å². The van der Waals surface area contributed by atoms with Gasteiger partial charge in [0.15, 0.2) is 17.3 Å². The number of hydrogen-bond donors (Lipinski definition) is 1. The van der Waals surface area contributed by atoms with Crippen LogP contribution in [0.3, 0.4) is 0 Å². The Morgan fingerprint density at radius 1 is 1.05 bits per heavy atom. The molecule has 1 N–H and O–H groups in total. The normalized spacial score (nSPS) is 16.1. The van der Waals surface area contributed by atoms with Gasteiger partial charge in [0.05, 0.1) is 17.6 Å². The van der Waals surface area contributed by atoms with Crippen molar-refractivity contribution in [3.05, 3.63) is 74.8 Å². The molecule has 1 saturated carbocycles. The molecule has 1 unspecified atom stereocenters. The summed E-state index contributed by atoms with van der Waals surface area (Å²) in [5.41, 5.74) is 4.85. The van der Waals surface area contributed by atoms with Crippen molar-refractivity contribution in [3.8, 4) is 11.5 Å². The van der Waals surface area contributed by atoms with Gasteiger partial charge in [-0.3, -0.25) is 9.69 Å². The number of rotatable bonds is 8. The lowest BCUT2D eigenvalue weighted by atomic mass is 10.0. The molecule has 1 aliphatic heterocycles. The van der Waals surface area contributed by atoms with Crippen molar-refractivity contribution in [2.75, 3.05) is 6.79 Å². The van der Waals surface area contributed by atoms with Gasteiger partial charge in [0.2, 0.25) is 6.79 Å². The lowest BCUT2D eigenvalue weighted by molar-refractivity contribution is 0.158. The molecule has 2 aromatic heterocycles. The number of nitrogens with one attached hydrogen (secondary N) is 1. The van der Waals surface area contributed by atoms with Crippen LogP contribution in [0.25, 0.3) is 10.9 Å². The minimum absolute atomic E-state index is 0.0628. The van der Waals surface area contributed by atoms with Gasteiger partial charge >= 0.3 is 0 Å². The van der Waals surface area contributed by atoms with Crippen LogP contribution in [-0.4, -0.2) is 36.9 Å². The van der Waals surface area contributed by atoms with E-state index in [4.69, 9.17) is 9.47 Å². The number of tetrazole rings is 1. The average molecular weight is 515 g/mol. The fourth-order valence-corrected chi connectivity index (χ4v) is 5.94. The molecule has 4 aromatic rings. The van der Waals surface area contributed by atoms with E-state index in [2.05, 4.69) is 63.5 Å². The smallest absolute Gasteiger partial charge is 0.252 e. The maximum atomic E-state index is 13.3. The highest BCUT2D eigenvalue weighted by Gasteiger charge is 2.30. The largest absolute Gasteiger partial charge is 0.454 e. The number of H-pyrrole nitrogens is 1. The predicted octanol–water partition coefficient (Wildman–Crippen LogP) is 5.13. The lowest BCUT2D eigenvalue weighted by Crippen LogP contribution is -2.32. The van der Waals surface area contributed by atoms with E-state index in [1.807, 2.05) is 23.7 Å². The number of pyridine rings is 1. The molecule has 0 spiro atoms. The summed E-state index contributed by atoms with van der Waals surface area (Å²) in [6.45, 7) is 7.57. The summed E-state index contributed by atoms with van der Waals surface area (Å²) >= 11 is 0. The van der Waals surface area contributed by atoms with Crippen LogP contribution in [0.4, 0.5) is 0 Å². The van der Waals surface area contributed by atoms with Crippen LogP contribution in [0.2, 0.25) is 0 Å². The second-order valence-corrected chi connectivity index (χ2v) is 10.5. The Balaban J connectivity index is 1.40. The Morgan fingerprint density at radius 2 is 1.84 bits per heavy atom. The number of aromatic nitrogens is 5. The number of nitrogens with zero attached hydrogens (tertiary/aromatic N) is 5. The van der Waals surface area contributed by atoms with E-state index in [1.165, 1.54) is 12.8 Å². The first-order chi connectivity index (χ1) is 18.5. The van der Waals surface area contributed by atoms with Gasteiger partial charge in [-0.25, -0.2) is 4.68 Å². The zero-order chi connectivity index (χ0) is 26.2. The Bertz CT molecular complexity index is 1520. The number of hydrogen-bond acceptors (Lipinski definition) is 7. The topological polar surface area (TPSA) is 98.2 Å². The Hall–Kier alpha value is -3.72. The quantitative estimate of drug-likeness (QED) is 0.348. The molecule has 0 bridgehead atoms. The van der Waals surface area contributed by atoms with E-state index < -0.39 is 0 Å². The summed E-state index contributed by atoms with van der Waals surface area (Å²) in [4.78, 5) is 18.8. The SMILES string of the molecule is CCC(c1nnnn1C1CCCC1)N(Cc1ccc2c(c1)OCO2)Cc1cc2c(C)ccc(C)c2[nH]c1=O. The van der Waals surface area contributed by atoms with Crippen molar-refractivity contribution >= 4 is 10.9 Å². The van der Waals surface area contributed by atoms with Gasteiger partial charge in [0.1, 0.15) is 0 Å². The molecule has 38 heavy (non-hydrogen) atoms. The van der Waals surface area contributed by atoms with Gasteiger partial charge in [0.25, 0.3) is 5.56 Å². The zero-order valence-corrected chi connectivity index (χ0v) is 22.2. The van der Waals surface area contributed by atoms with E-state index in [0.717, 1.165) is 69.7 Å². The minimum atomic E-state index is -0.0651. The molecule has 1 fully saturated rings. The van der Waals surface area contributed by atoms with Crippen LogP contribution in [0.5, 0.6) is 11.5 Å². The highest BCUT2D eigenvalue weighted by atomic mass is 16.7. The first-order valence-electron chi connectivity index (χ1n) is 13.5. The standard InChI is InChI=1S/C29H34N6O3/c1-4-24(28-31-32-33-35(28)22-7-5-6-8-22)34(15-20-11-12-25-26(13-20)38-17-37-25)16-21-14-23-18(2)9-10-19(3)27(23)30-29(21)36/h9-14,22,24H,4-8,15-17H2,1-3H3,(H,30,36). The van der Waals surface area contributed by atoms with Crippen molar-refractivity contribution < 1.29 is 9.47 Å². The van der Waals surface area contributed by atoms with Crippen LogP contribution >= 0.6 is 0 Å². The second kappa shape index (κ2) is 10.2. The maximum Gasteiger partial charge on any atom is 0.252 e. The number of aromatic amines is 1. The lowest BCUT2D eigenvalue weighted by Gasteiger charge is -2.31. The van der Waals surface area contributed by atoms with Crippen LogP contribution in [0.15, 0.2) is 41.2 Å². The molecular weight excluding hydrogens is 480 g/mol. The van der Waals surface area contributed by atoms with E-state index in [1.54, 1.807) is 0 Å². The summed E-state index contributed by atoms with van der Waals surface area (Å²) < 4.78 is 13.2. The third-order valence-corrected chi connectivity index (χ3v) is 8.03. The summed E-state index contributed by atoms with van der Waals surface area (Å²) in [5.74, 6) is 2.37. The van der Waals surface area contributed by atoms with E-state index >= 15 is 0 Å². The molecule has 2 aliphatic rings. The second-order valence-electron chi connectivity index (χ2n) is 10.5. The van der Waals surface area contributed by atoms with Crippen molar-refractivity contribution in [2.24, 2.45) is 0 Å². The van der Waals surface area contributed by atoms with Crippen LogP contribution in [0, 0.1) is 13.8 Å². The molecule has 9 nitrogen and oxygen atoms in total. The minimum Gasteiger partial charge on any atom is -0.454 e. The van der Waals surface area contributed by atoms with Gasteiger partial charge < -0.3 is 14.5 Å². The highest BCUT2D eigenvalue weighted by Crippen LogP contribution is 2.36. The van der Waals surface area contributed by atoms with E-state index in [-0.39, 0.29) is 18.4 Å². The molecule has 1 aliphatic carbocycles. The highest BCUT2D eigenvalue weighted by molar-refractivity contribution is 5.85. The molecule has 198 valence electrons. The fraction of sp³-hybridized carbons (Fsp3) is 0.448. The average Bonchev–Trinajstić information content (AvgIpc) is 3.69. The molecule has 1 atom stereocenters. The van der Waals surface area contributed by atoms with Crippen LogP contribution < -0.4 is 15.0 Å². The zero-order valence-electron chi connectivity index (χ0n) is 22.2. The fourth-order valence-electron chi connectivity index (χ4n) is 5.94. The first kappa shape index (κ1) is 24.6. The maximum absolute atomic E-state index is 13.3. The van der Waals surface area contributed by atoms with Gasteiger partial charge in [0, 0.05) is 24.0 Å². The summed E-state index contributed by atoms with van der Waals surface area (Å²) in [6, 6.07) is 12.5. The Labute approximate surface area is 221 Å². The Morgan fingerprint density at radius 3 is 2.66 bits per heavy atom. The number of ether oxygens (including phenoxy) is 2. The summed E-state index contributed by atoms with van der Waals surface area (Å²) in [7, 11) is 0. The van der Waals surface area contributed by atoms with Gasteiger partial charge in [-0.1, -0.05) is 38.0 Å². The van der Waals surface area contributed by atoms with Gasteiger partial charge in [-0.05, 0) is 78.4 Å². The molecular formula is C29H34N6O3. The number of fused-ring (bicyclic) bond motifs is 2. The monoisotopic (exact) mass is 514 g/mol. The van der Waals surface area contributed by atoms with Gasteiger partial charge in [-0.2, -0.15) is 0 Å². The summed E-state index contributed by atoms with van der Waals surface area (Å²) in [5, 5.41) is 14.1. The van der Waals surface area contributed by atoms with E-state index in [9.17, 15) is 4.79 Å². The molecule has 0 amide bonds.